The molecule has 2 aliphatic rings. The van der Waals surface area contributed by atoms with Crippen molar-refractivity contribution in [3.63, 3.8) is 0 Å². The van der Waals surface area contributed by atoms with Crippen LogP contribution in [0.2, 0.25) is 5.02 Å². The first-order valence-electron chi connectivity index (χ1n) is 14.5. The summed E-state index contributed by atoms with van der Waals surface area (Å²) in [4.78, 5) is 32.4. The summed E-state index contributed by atoms with van der Waals surface area (Å²) in [6, 6.07) is 21.8. The van der Waals surface area contributed by atoms with Gasteiger partial charge in [0.15, 0.2) is 5.54 Å². The van der Waals surface area contributed by atoms with Gasteiger partial charge in [0.1, 0.15) is 5.69 Å². The highest BCUT2D eigenvalue weighted by Crippen LogP contribution is 2.42. The fraction of sp³-hybridized carbons (Fsp3) is 0.394. The van der Waals surface area contributed by atoms with Gasteiger partial charge in [0.25, 0.3) is 11.8 Å². The van der Waals surface area contributed by atoms with Crippen LogP contribution in [0.1, 0.15) is 78.4 Å². The number of carbonyl (C=O) groups excluding carboxylic acids is 2. The maximum absolute atomic E-state index is 14.8. The van der Waals surface area contributed by atoms with Gasteiger partial charge in [-0.05, 0) is 54.7 Å². The van der Waals surface area contributed by atoms with E-state index in [9.17, 15) is 9.59 Å². The molecule has 0 spiro atoms. The van der Waals surface area contributed by atoms with Gasteiger partial charge in [-0.2, -0.15) is 0 Å². The second kappa shape index (κ2) is 11.4. The molecule has 3 heterocycles. The molecule has 0 saturated heterocycles. The van der Waals surface area contributed by atoms with E-state index >= 15 is 0 Å². The van der Waals surface area contributed by atoms with E-state index < -0.39 is 5.54 Å². The van der Waals surface area contributed by atoms with E-state index in [-0.39, 0.29) is 17.9 Å². The zero-order valence-corrected chi connectivity index (χ0v) is 24.6. The first kappa shape index (κ1) is 27.1. The summed E-state index contributed by atoms with van der Waals surface area (Å²) in [5.41, 5.74) is 2.25. The van der Waals surface area contributed by atoms with Crippen molar-refractivity contribution in [2.24, 2.45) is 0 Å². The Bertz CT molecular complexity index is 1500. The Morgan fingerprint density at radius 3 is 2.40 bits per heavy atom. The van der Waals surface area contributed by atoms with E-state index in [1.54, 1.807) is 11.3 Å². The van der Waals surface area contributed by atoms with E-state index in [4.69, 9.17) is 11.6 Å². The quantitative estimate of drug-likeness (QED) is 0.257. The number of aryl methyl sites for hydroxylation is 1. The topological polar surface area (TPSA) is 54.3 Å². The first-order chi connectivity index (χ1) is 19.5. The van der Waals surface area contributed by atoms with Crippen LogP contribution >= 0.6 is 22.9 Å². The minimum Gasteiger partial charge on any atom is -0.351 e. The van der Waals surface area contributed by atoms with Gasteiger partial charge in [-0.1, -0.05) is 93.1 Å². The van der Waals surface area contributed by atoms with Crippen molar-refractivity contribution in [1.29, 1.82) is 0 Å². The first-order valence-corrected chi connectivity index (χ1v) is 15.7. The lowest BCUT2D eigenvalue weighted by Crippen LogP contribution is -2.64. The molecule has 1 saturated carbocycles. The minimum atomic E-state index is -1.20. The lowest BCUT2D eigenvalue weighted by atomic mass is 9.83. The molecule has 40 heavy (non-hydrogen) atoms. The number of halogens is 1. The molecule has 2 aromatic heterocycles. The fourth-order valence-corrected chi connectivity index (χ4v) is 7.58. The van der Waals surface area contributed by atoms with Crippen LogP contribution < -0.4 is 5.32 Å². The average molecular weight is 574 g/mol. The number of hydrogen-bond donors (Lipinski definition) is 1. The molecule has 1 aliphatic carbocycles. The SMILES string of the molecule is CCc1cc2c(cc3n2C[C@](C(=O)NC2CCCCCCC2)(c2ccccc2)N(Cc2ccc(Cl)cc2)C3=O)s1. The Hall–Kier alpha value is -3.09. The molecule has 2 amide bonds. The summed E-state index contributed by atoms with van der Waals surface area (Å²) in [6.45, 7) is 2.83. The second-order valence-corrected chi connectivity index (χ2v) is 12.8. The Morgan fingerprint density at radius 2 is 1.70 bits per heavy atom. The number of nitrogens with zero attached hydrogens (tertiary/aromatic N) is 2. The van der Waals surface area contributed by atoms with Crippen LogP contribution in [0.4, 0.5) is 0 Å². The van der Waals surface area contributed by atoms with Crippen LogP contribution in [0.15, 0.2) is 66.7 Å². The summed E-state index contributed by atoms with van der Waals surface area (Å²) in [5, 5.41) is 4.11. The van der Waals surface area contributed by atoms with Crippen LogP contribution in [0.25, 0.3) is 10.2 Å². The van der Waals surface area contributed by atoms with E-state index in [0.717, 1.165) is 53.4 Å². The molecule has 2 aromatic carbocycles. The molecule has 7 heteroatoms. The van der Waals surface area contributed by atoms with Crippen LogP contribution in [0, 0.1) is 0 Å². The van der Waals surface area contributed by atoms with Gasteiger partial charge in [0.2, 0.25) is 0 Å². The maximum Gasteiger partial charge on any atom is 0.272 e. The van der Waals surface area contributed by atoms with Crippen LogP contribution in [0.5, 0.6) is 0 Å². The monoisotopic (exact) mass is 573 g/mol. The molecule has 0 unspecified atom stereocenters. The standard InChI is InChI=1S/C33H36ClN3O2S/c1-2-27-19-28-30(40-27)20-29-31(38)37(21-23-15-17-25(34)18-16-23)33(22-36(28)29,24-11-7-6-8-12-24)32(39)35-26-13-9-4-3-5-10-14-26/h6-8,11-12,15-20,26H,2-5,9-10,13-14,21-22H2,1H3,(H,35,39)/t33-/m1/s1. The molecule has 0 bridgehead atoms. The zero-order valence-electron chi connectivity index (χ0n) is 23.0. The highest BCUT2D eigenvalue weighted by atomic mass is 35.5. The predicted molar refractivity (Wildman–Crippen MR) is 163 cm³/mol. The molecule has 6 rings (SSSR count). The summed E-state index contributed by atoms with van der Waals surface area (Å²) < 4.78 is 3.19. The molecule has 1 aliphatic heterocycles. The smallest absolute Gasteiger partial charge is 0.272 e. The van der Waals surface area contributed by atoms with Gasteiger partial charge in [0.05, 0.1) is 16.8 Å². The van der Waals surface area contributed by atoms with Crippen molar-refractivity contribution in [3.05, 3.63) is 93.5 Å². The molecule has 5 nitrogen and oxygen atoms in total. The molecular formula is C33H36ClN3O2S. The number of aromatic nitrogens is 1. The lowest BCUT2D eigenvalue weighted by Gasteiger charge is -2.47. The number of hydrogen-bond acceptors (Lipinski definition) is 3. The fourth-order valence-electron chi connectivity index (χ4n) is 6.41. The van der Waals surface area contributed by atoms with E-state index in [0.29, 0.717) is 23.8 Å². The molecule has 1 fully saturated rings. The molecule has 4 aromatic rings. The molecule has 1 N–H and O–H groups in total. The maximum atomic E-state index is 14.8. The number of nitrogens with one attached hydrogen (secondary N) is 1. The van der Waals surface area contributed by atoms with Crippen molar-refractivity contribution in [2.75, 3.05) is 0 Å². The Labute approximate surface area is 245 Å². The highest BCUT2D eigenvalue weighted by molar-refractivity contribution is 7.19. The van der Waals surface area contributed by atoms with Crippen molar-refractivity contribution < 1.29 is 9.59 Å². The summed E-state index contributed by atoms with van der Waals surface area (Å²) in [5.74, 6) is -0.218. The summed E-state index contributed by atoms with van der Waals surface area (Å²) in [7, 11) is 0. The van der Waals surface area contributed by atoms with E-state index in [1.807, 2.05) is 65.6 Å². The van der Waals surface area contributed by atoms with E-state index in [1.165, 1.54) is 24.1 Å². The summed E-state index contributed by atoms with van der Waals surface area (Å²) >= 11 is 7.93. The Kier molecular flexibility index (Phi) is 7.74. The number of amides is 2. The molecule has 1 atom stereocenters. The van der Waals surface area contributed by atoms with Crippen molar-refractivity contribution >= 4 is 45.0 Å². The molecule has 0 radical (unpaired) electrons. The van der Waals surface area contributed by atoms with Gasteiger partial charge < -0.3 is 14.8 Å². The van der Waals surface area contributed by atoms with Gasteiger partial charge >= 0.3 is 0 Å². The number of carbonyl (C=O) groups is 2. The third-order valence-electron chi connectivity index (χ3n) is 8.62. The number of rotatable bonds is 6. The molecule has 208 valence electrons. The predicted octanol–water partition coefficient (Wildman–Crippen LogP) is 7.70. The van der Waals surface area contributed by atoms with Gasteiger partial charge in [-0.25, -0.2) is 0 Å². The van der Waals surface area contributed by atoms with Crippen LogP contribution in [0.3, 0.4) is 0 Å². The summed E-state index contributed by atoms with van der Waals surface area (Å²) in [6.07, 6.45) is 8.82. The zero-order chi connectivity index (χ0) is 27.7. The Morgan fingerprint density at radius 1 is 1.00 bits per heavy atom. The number of benzene rings is 2. The average Bonchev–Trinajstić information content (AvgIpc) is 3.51. The third kappa shape index (κ3) is 4.97. The lowest BCUT2D eigenvalue weighted by molar-refractivity contribution is -0.136. The normalized spacial score (nSPS) is 20.2. The van der Waals surface area contributed by atoms with Crippen LogP contribution in [-0.4, -0.2) is 27.3 Å². The number of thiophene rings is 1. The third-order valence-corrected chi connectivity index (χ3v) is 10.1. The van der Waals surface area contributed by atoms with Gasteiger partial charge in [-0.3, -0.25) is 9.59 Å². The van der Waals surface area contributed by atoms with Crippen LogP contribution in [-0.2, 0) is 29.8 Å². The van der Waals surface area contributed by atoms with E-state index in [2.05, 4.69) is 22.9 Å². The van der Waals surface area contributed by atoms with Gasteiger partial charge in [0, 0.05) is 22.5 Å². The largest absolute Gasteiger partial charge is 0.351 e. The second-order valence-electron chi connectivity index (χ2n) is 11.2. The Balaban J connectivity index is 1.50. The highest BCUT2D eigenvalue weighted by Gasteiger charge is 2.53. The number of fused-ring (bicyclic) bond motifs is 3. The van der Waals surface area contributed by atoms with Gasteiger partial charge in [-0.15, -0.1) is 11.3 Å². The van der Waals surface area contributed by atoms with Crippen molar-refractivity contribution in [1.82, 2.24) is 14.8 Å². The molecular weight excluding hydrogens is 538 g/mol. The minimum absolute atomic E-state index is 0.0926. The van der Waals surface area contributed by atoms with Crippen molar-refractivity contribution in [2.45, 2.75) is 83.0 Å². The van der Waals surface area contributed by atoms with Crippen molar-refractivity contribution in [3.8, 4) is 0 Å².